The van der Waals surface area contributed by atoms with Gasteiger partial charge in [0, 0.05) is 13.1 Å². The van der Waals surface area contributed by atoms with Crippen molar-refractivity contribution in [3.63, 3.8) is 0 Å². The summed E-state index contributed by atoms with van der Waals surface area (Å²) in [4.78, 5) is 19.2. The average Bonchev–Trinajstić information content (AvgIpc) is 2.70. The van der Waals surface area contributed by atoms with Gasteiger partial charge in [-0.25, -0.2) is 4.79 Å². The SMILES string of the molecule is O=c1[nH]c2ccc(Cl)c(N3CCCCC3)c2[nH]1. The molecule has 3 rings (SSSR count). The third kappa shape index (κ3) is 1.82. The third-order valence-electron chi connectivity index (χ3n) is 3.29. The topological polar surface area (TPSA) is 51.9 Å². The molecule has 1 aromatic carbocycles. The average molecular weight is 252 g/mol. The van der Waals surface area contributed by atoms with Gasteiger partial charge in [0.05, 0.1) is 21.7 Å². The van der Waals surface area contributed by atoms with Crippen LogP contribution >= 0.6 is 11.6 Å². The van der Waals surface area contributed by atoms with E-state index in [9.17, 15) is 4.79 Å². The van der Waals surface area contributed by atoms with Crippen LogP contribution in [0.2, 0.25) is 5.02 Å². The molecule has 2 heterocycles. The maximum atomic E-state index is 11.4. The van der Waals surface area contributed by atoms with Gasteiger partial charge in [-0.3, -0.25) is 0 Å². The first kappa shape index (κ1) is 10.7. The molecular formula is C12H14ClN3O. The zero-order valence-corrected chi connectivity index (χ0v) is 10.2. The lowest BCUT2D eigenvalue weighted by Gasteiger charge is -2.29. The zero-order valence-electron chi connectivity index (χ0n) is 9.42. The summed E-state index contributed by atoms with van der Waals surface area (Å²) in [5.41, 5.74) is 2.42. The first-order valence-electron chi connectivity index (χ1n) is 5.91. The van der Waals surface area contributed by atoms with Crippen molar-refractivity contribution in [2.24, 2.45) is 0 Å². The van der Waals surface area contributed by atoms with Gasteiger partial charge in [-0.1, -0.05) is 11.6 Å². The first-order chi connectivity index (χ1) is 8.25. The maximum absolute atomic E-state index is 11.4. The van der Waals surface area contributed by atoms with Crippen LogP contribution < -0.4 is 10.6 Å². The number of aromatic amines is 2. The number of nitrogens with zero attached hydrogens (tertiary/aromatic N) is 1. The summed E-state index contributed by atoms with van der Waals surface area (Å²) in [5.74, 6) is 0. The number of fused-ring (bicyclic) bond motifs is 1. The van der Waals surface area contributed by atoms with Crippen LogP contribution in [0.1, 0.15) is 19.3 Å². The largest absolute Gasteiger partial charge is 0.369 e. The molecule has 90 valence electrons. The fourth-order valence-electron chi connectivity index (χ4n) is 2.49. The van der Waals surface area contributed by atoms with Crippen molar-refractivity contribution < 1.29 is 0 Å². The van der Waals surface area contributed by atoms with E-state index in [2.05, 4.69) is 14.9 Å². The van der Waals surface area contributed by atoms with Gasteiger partial charge < -0.3 is 14.9 Å². The molecular weight excluding hydrogens is 238 g/mol. The minimum atomic E-state index is -0.180. The summed E-state index contributed by atoms with van der Waals surface area (Å²) in [5, 5.41) is 0.703. The van der Waals surface area contributed by atoms with E-state index in [4.69, 9.17) is 11.6 Å². The summed E-state index contributed by atoms with van der Waals surface area (Å²) in [6, 6.07) is 3.68. The van der Waals surface area contributed by atoms with Crippen LogP contribution in [0.3, 0.4) is 0 Å². The molecule has 1 aliphatic rings. The molecule has 0 radical (unpaired) electrons. The lowest BCUT2D eigenvalue weighted by atomic mass is 10.1. The molecule has 1 aromatic heterocycles. The normalized spacial score (nSPS) is 16.6. The number of imidazole rings is 1. The number of H-pyrrole nitrogens is 2. The van der Waals surface area contributed by atoms with E-state index in [0.717, 1.165) is 29.8 Å². The zero-order chi connectivity index (χ0) is 11.8. The highest BCUT2D eigenvalue weighted by molar-refractivity contribution is 6.34. The quantitative estimate of drug-likeness (QED) is 0.818. The minimum Gasteiger partial charge on any atom is -0.369 e. The summed E-state index contributed by atoms with van der Waals surface area (Å²) >= 11 is 6.27. The number of hydrogen-bond donors (Lipinski definition) is 2. The highest BCUT2D eigenvalue weighted by atomic mass is 35.5. The molecule has 17 heavy (non-hydrogen) atoms. The van der Waals surface area contributed by atoms with Gasteiger partial charge in [-0.2, -0.15) is 0 Å². The number of aromatic nitrogens is 2. The Kier molecular flexibility index (Phi) is 2.59. The van der Waals surface area contributed by atoms with Crippen LogP contribution in [0.4, 0.5) is 5.69 Å². The molecule has 2 N–H and O–H groups in total. The minimum absolute atomic E-state index is 0.180. The van der Waals surface area contributed by atoms with Crippen molar-refractivity contribution in [2.75, 3.05) is 18.0 Å². The number of anilines is 1. The molecule has 0 bridgehead atoms. The number of rotatable bonds is 1. The highest BCUT2D eigenvalue weighted by Gasteiger charge is 2.18. The third-order valence-corrected chi connectivity index (χ3v) is 3.59. The van der Waals surface area contributed by atoms with E-state index < -0.39 is 0 Å². The van der Waals surface area contributed by atoms with Gasteiger partial charge in [-0.05, 0) is 31.4 Å². The van der Waals surface area contributed by atoms with Crippen molar-refractivity contribution in [1.29, 1.82) is 0 Å². The number of hydrogen-bond acceptors (Lipinski definition) is 2. The second kappa shape index (κ2) is 4.11. The summed E-state index contributed by atoms with van der Waals surface area (Å²) in [7, 11) is 0. The Bertz CT molecular complexity index is 595. The lowest BCUT2D eigenvalue weighted by molar-refractivity contribution is 0.579. The second-order valence-corrected chi connectivity index (χ2v) is 4.85. The maximum Gasteiger partial charge on any atom is 0.323 e. The predicted molar refractivity (Wildman–Crippen MR) is 70.0 cm³/mol. The molecule has 1 aliphatic heterocycles. The van der Waals surface area contributed by atoms with Gasteiger partial charge in [0.1, 0.15) is 0 Å². The van der Waals surface area contributed by atoms with Crippen molar-refractivity contribution in [3.05, 3.63) is 27.6 Å². The summed E-state index contributed by atoms with van der Waals surface area (Å²) < 4.78 is 0. The van der Waals surface area contributed by atoms with Gasteiger partial charge in [-0.15, -0.1) is 0 Å². The molecule has 0 spiro atoms. The van der Waals surface area contributed by atoms with Crippen molar-refractivity contribution in [1.82, 2.24) is 9.97 Å². The Balaban J connectivity index is 2.18. The fourth-order valence-corrected chi connectivity index (χ4v) is 2.77. The van der Waals surface area contributed by atoms with E-state index >= 15 is 0 Å². The molecule has 1 saturated heterocycles. The smallest absolute Gasteiger partial charge is 0.323 e. The first-order valence-corrected chi connectivity index (χ1v) is 6.29. The van der Waals surface area contributed by atoms with Crippen molar-refractivity contribution in [3.8, 4) is 0 Å². The monoisotopic (exact) mass is 251 g/mol. The molecule has 1 fully saturated rings. The van der Waals surface area contributed by atoms with Crippen LogP contribution in [0.5, 0.6) is 0 Å². The molecule has 0 unspecified atom stereocenters. The van der Waals surface area contributed by atoms with E-state index in [1.807, 2.05) is 12.1 Å². The Hall–Kier alpha value is -1.42. The van der Waals surface area contributed by atoms with Crippen LogP contribution in [0, 0.1) is 0 Å². The van der Waals surface area contributed by atoms with Crippen LogP contribution in [-0.2, 0) is 0 Å². The van der Waals surface area contributed by atoms with Crippen LogP contribution in [0.25, 0.3) is 11.0 Å². The molecule has 5 heteroatoms. The Morgan fingerprint density at radius 3 is 2.65 bits per heavy atom. The highest BCUT2D eigenvalue weighted by Crippen LogP contribution is 2.33. The van der Waals surface area contributed by atoms with E-state index in [1.165, 1.54) is 19.3 Å². The second-order valence-electron chi connectivity index (χ2n) is 4.45. The molecule has 0 saturated carbocycles. The molecule has 4 nitrogen and oxygen atoms in total. The van der Waals surface area contributed by atoms with Crippen molar-refractivity contribution in [2.45, 2.75) is 19.3 Å². The van der Waals surface area contributed by atoms with E-state index in [0.29, 0.717) is 5.02 Å². The van der Waals surface area contributed by atoms with E-state index in [1.54, 1.807) is 0 Å². The van der Waals surface area contributed by atoms with Gasteiger partial charge in [0.15, 0.2) is 0 Å². The van der Waals surface area contributed by atoms with Gasteiger partial charge in [0.2, 0.25) is 0 Å². The Labute approximate surface area is 104 Å². The predicted octanol–water partition coefficient (Wildman–Crippen LogP) is 2.50. The number of halogens is 1. The summed E-state index contributed by atoms with van der Waals surface area (Å²) in [6.45, 7) is 2.01. The molecule has 0 atom stereocenters. The Morgan fingerprint density at radius 2 is 1.88 bits per heavy atom. The number of nitrogens with one attached hydrogen (secondary N) is 2. The standard InChI is InChI=1S/C12H14ClN3O/c13-8-4-5-9-10(15-12(17)14-9)11(8)16-6-2-1-3-7-16/h4-5H,1-3,6-7H2,(H2,14,15,17). The molecule has 0 aliphatic carbocycles. The van der Waals surface area contributed by atoms with Crippen LogP contribution in [0.15, 0.2) is 16.9 Å². The van der Waals surface area contributed by atoms with Gasteiger partial charge in [0.25, 0.3) is 0 Å². The number of benzene rings is 1. The fraction of sp³-hybridized carbons (Fsp3) is 0.417. The van der Waals surface area contributed by atoms with Crippen LogP contribution in [-0.4, -0.2) is 23.1 Å². The van der Waals surface area contributed by atoms with E-state index in [-0.39, 0.29) is 5.69 Å². The Morgan fingerprint density at radius 1 is 1.12 bits per heavy atom. The van der Waals surface area contributed by atoms with Crippen molar-refractivity contribution >= 4 is 28.3 Å². The molecule has 2 aromatic rings. The van der Waals surface area contributed by atoms with Gasteiger partial charge >= 0.3 is 5.69 Å². The number of piperidine rings is 1. The molecule has 0 amide bonds. The lowest BCUT2D eigenvalue weighted by Crippen LogP contribution is -2.29. The summed E-state index contributed by atoms with van der Waals surface area (Å²) in [6.07, 6.45) is 3.64.